The maximum absolute atomic E-state index is 3.21. The highest BCUT2D eigenvalue weighted by Crippen LogP contribution is 2.12. The van der Waals surface area contributed by atoms with Crippen LogP contribution in [0.2, 0.25) is 0 Å². The Kier molecular flexibility index (Phi) is 4.59. The molecule has 0 aromatic heterocycles. The molecule has 0 atom stereocenters. The second kappa shape index (κ2) is 6.61. The molecule has 0 amide bonds. The van der Waals surface area contributed by atoms with Gasteiger partial charge in [0.25, 0.3) is 0 Å². The highest BCUT2D eigenvalue weighted by Gasteiger charge is 1.96. The van der Waals surface area contributed by atoms with E-state index in [1.54, 1.807) is 0 Å². The molecule has 0 radical (unpaired) electrons. The van der Waals surface area contributed by atoms with Crippen molar-refractivity contribution in [1.82, 2.24) is 0 Å². The molecule has 0 fully saturated rings. The van der Waals surface area contributed by atoms with Crippen molar-refractivity contribution in [1.29, 1.82) is 0 Å². The maximum atomic E-state index is 3.21. The number of hydrogen-bond acceptors (Lipinski definition) is 0. The fourth-order valence-electron chi connectivity index (χ4n) is 1.81. The molecule has 0 spiro atoms. The third-order valence-corrected chi connectivity index (χ3v) is 2.89. The van der Waals surface area contributed by atoms with Crippen LogP contribution in [0, 0.1) is 12.1 Å². The van der Waals surface area contributed by atoms with Gasteiger partial charge in [-0.05, 0) is 43.5 Å². The van der Waals surface area contributed by atoms with Gasteiger partial charge in [0.1, 0.15) is 0 Å². The molecular formula is C19H18. The van der Waals surface area contributed by atoms with Crippen LogP contribution in [0.1, 0.15) is 30.5 Å². The van der Waals surface area contributed by atoms with E-state index >= 15 is 0 Å². The Morgan fingerprint density at radius 2 is 1.84 bits per heavy atom. The molecule has 0 saturated carbocycles. The summed E-state index contributed by atoms with van der Waals surface area (Å²) in [5, 5.41) is 0. The second-order valence-corrected chi connectivity index (χ2v) is 4.77. The van der Waals surface area contributed by atoms with Gasteiger partial charge < -0.3 is 0 Å². The Balaban J connectivity index is 2.20. The summed E-state index contributed by atoms with van der Waals surface area (Å²) in [6.45, 7) is 4.23. The van der Waals surface area contributed by atoms with Gasteiger partial charge in [-0.25, -0.2) is 0 Å². The molecule has 0 aliphatic rings. The van der Waals surface area contributed by atoms with E-state index in [0.717, 1.165) is 6.42 Å². The molecule has 0 unspecified atom stereocenters. The van der Waals surface area contributed by atoms with Crippen molar-refractivity contribution in [3.63, 3.8) is 0 Å². The van der Waals surface area contributed by atoms with Crippen molar-refractivity contribution in [2.45, 2.75) is 20.3 Å². The molecule has 0 heterocycles. The summed E-state index contributed by atoms with van der Waals surface area (Å²) in [5.74, 6) is 0. The van der Waals surface area contributed by atoms with E-state index in [0.29, 0.717) is 0 Å². The summed E-state index contributed by atoms with van der Waals surface area (Å²) in [4.78, 5) is 0. The minimum Gasteiger partial charge on any atom is -0.0808 e. The van der Waals surface area contributed by atoms with E-state index in [2.05, 4.69) is 74.5 Å². The predicted octanol–water partition coefficient (Wildman–Crippen LogP) is 4.97. The van der Waals surface area contributed by atoms with E-state index < -0.39 is 0 Å². The van der Waals surface area contributed by atoms with Crippen LogP contribution in [-0.2, 0) is 6.42 Å². The molecule has 94 valence electrons. The number of rotatable bonds is 4. The third kappa shape index (κ3) is 4.16. The van der Waals surface area contributed by atoms with Gasteiger partial charge in [-0.2, -0.15) is 0 Å². The fraction of sp³-hybridized carbons (Fsp3) is 0.158. The van der Waals surface area contributed by atoms with Crippen LogP contribution in [0.3, 0.4) is 0 Å². The Labute approximate surface area is 116 Å². The summed E-state index contributed by atoms with van der Waals surface area (Å²) in [5.41, 5.74) is 4.94. The fourth-order valence-corrected chi connectivity index (χ4v) is 1.81. The van der Waals surface area contributed by atoms with Gasteiger partial charge in [0, 0.05) is 5.56 Å². The largest absolute Gasteiger partial charge is 0.0808 e. The quantitative estimate of drug-likeness (QED) is 0.668. The lowest BCUT2D eigenvalue weighted by molar-refractivity contribution is 1.21. The highest BCUT2D eigenvalue weighted by atomic mass is 14.0. The predicted molar refractivity (Wildman–Crippen MR) is 82.6 cm³/mol. The molecular weight excluding hydrogens is 228 g/mol. The van der Waals surface area contributed by atoms with Crippen LogP contribution >= 0.6 is 0 Å². The smallest absolute Gasteiger partial charge is 0.0134 e. The summed E-state index contributed by atoms with van der Waals surface area (Å²) in [6.07, 6.45) is 7.41. The van der Waals surface area contributed by atoms with E-state index in [-0.39, 0.29) is 0 Å². The molecule has 2 aromatic rings. The van der Waals surface area contributed by atoms with Crippen molar-refractivity contribution < 1.29 is 0 Å². The molecule has 2 rings (SSSR count). The minimum atomic E-state index is 0.911. The molecule has 0 aliphatic heterocycles. The molecule has 0 aliphatic carbocycles. The second-order valence-electron chi connectivity index (χ2n) is 4.77. The summed E-state index contributed by atoms with van der Waals surface area (Å²) < 4.78 is 0. The van der Waals surface area contributed by atoms with Crippen molar-refractivity contribution in [3.05, 3.63) is 82.9 Å². The lowest BCUT2D eigenvalue weighted by atomic mass is 10.0. The van der Waals surface area contributed by atoms with Gasteiger partial charge in [0.2, 0.25) is 0 Å². The van der Waals surface area contributed by atoms with Crippen LogP contribution in [0.5, 0.6) is 0 Å². The van der Waals surface area contributed by atoms with E-state index in [1.165, 1.54) is 22.3 Å². The average Bonchev–Trinajstić information content (AvgIpc) is 2.45. The van der Waals surface area contributed by atoms with Crippen LogP contribution in [-0.4, -0.2) is 0 Å². The zero-order chi connectivity index (χ0) is 13.5. The minimum absolute atomic E-state index is 0.911. The Morgan fingerprint density at radius 3 is 2.58 bits per heavy atom. The van der Waals surface area contributed by atoms with E-state index in [9.17, 15) is 0 Å². The van der Waals surface area contributed by atoms with Crippen molar-refractivity contribution in [2.24, 2.45) is 0 Å². The van der Waals surface area contributed by atoms with E-state index in [4.69, 9.17) is 0 Å². The lowest BCUT2D eigenvalue weighted by Crippen LogP contribution is -1.85. The average molecular weight is 246 g/mol. The Hall–Kier alpha value is -2.26. The van der Waals surface area contributed by atoms with Crippen molar-refractivity contribution >= 4 is 12.2 Å². The van der Waals surface area contributed by atoms with Crippen molar-refractivity contribution in [3.8, 4) is 0 Å². The molecule has 0 bridgehead atoms. The first kappa shape index (κ1) is 13.2. The summed E-state index contributed by atoms with van der Waals surface area (Å²) >= 11 is 0. The van der Waals surface area contributed by atoms with Gasteiger partial charge in [0.15, 0.2) is 0 Å². The van der Waals surface area contributed by atoms with Crippen molar-refractivity contribution in [2.75, 3.05) is 0 Å². The van der Waals surface area contributed by atoms with Crippen LogP contribution in [0.4, 0.5) is 0 Å². The SMILES string of the molecule is CC(C)=CCc1c#cccc1/C=C/c1ccccc1. The zero-order valence-electron chi connectivity index (χ0n) is 11.5. The molecule has 0 N–H and O–H groups in total. The summed E-state index contributed by atoms with van der Waals surface area (Å²) in [7, 11) is 0. The number of allylic oxidation sites excluding steroid dienone is 2. The van der Waals surface area contributed by atoms with Gasteiger partial charge in [-0.1, -0.05) is 66.3 Å². The number of hydrogen-bond donors (Lipinski definition) is 0. The van der Waals surface area contributed by atoms with Gasteiger partial charge in [-0.3, -0.25) is 0 Å². The van der Waals surface area contributed by atoms with Crippen LogP contribution in [0.25, 0.3) is 12.2 Å². The lowest BCUT2D eigenvalue weighted by Gasteiger charge is -2.00. The standard InChI is InChI=1S/C19H18/c1-16(2)12-14-18-10-6-7-11-19(18)15-13-17-8-4-3-5-9-17/h3-5,7-9,11-13,15H,14H2,1-2H3/b15-13+. The van der Waals surface area contributed by atoms with Gasteiger partial charge >= 0.3 is 0 Å². The van der Waals surface area contributed by atoms with Crippen LogP contribution < -0.4 is 0 Å². The van der Waals surface area contributed by atoms with Gasteiger partial charge in [-0.15, -0.1) is 0 Å². The first-order chi connectivity index (χ1) is 9.25. The van der Waals surface area contributed by atoms with Gasteiger partial charge in [0.05, 0.1) is 0 Å². The Morgan fingerprint density at radius 1 is 1.05 bits per heavy atom. The highest BCUT2D eigenvalue weighted by molar-refractivity contribution is 5.70. The first-order valence-electron chi connectivity index (χ1n) is 6.53. The monoisotopic (exact) mass is 246 g/mol. The number of benzene rings is 1. The molecule has 19 heavy (non-hydrogen) atoms. The molecule has 0 heteroatoms. The molecule has 0 saturated heterocycles. The first-order valence-corrected chi connectivity index (χ1v) is 6.53. The van der Waals surface area contributed by atoms with E-state index in [1.807, 2.05) is 12.1 Å². The molecule has 2 aromatic carbocycles. The van der Waals surface area contributed by atoms with Crippen LogP contribution in [0.15, 0.2) is 54.1 Å². The maximum Gasteiger partial charge on any atom is 0.0134 e. The zero-order valence-corrected chi connectivity index (χ0v) is 11.5. The Bertz CT molecular complexity index is 570. The summed E-state index contributed by atoms with van der Waals surface area (Å²) in [6, 6.07) is 20.6. The third-order valence-electron chi connectivity index (χ3n) is 2.89. The normalized spacial score (nSPS) is 10.2. The molecule has 0 nitrogen and oxygen atoms in total. The topological polar surface area (TPSA) is 0 Å².